The van der Waals surface area contributed by atoms with Crippen molar-refractivity contribution in [2.45, 2.75) is 32.2 Å². The Bertz CT molecular complexity index is 438. The molecule has 1 fully saturated rings. The summed E-state index contributed by atoms with van der Waals surface area (Å²) < 4.78 is 16.6. The summed E-state index contributed by atoms with van der Waals surface area (Å²) in [6, 6.07) is 7.03. The molecule has 5 nitrogen and oxygen atoms in total. The molecule has 1 heterocycles. The standard InChI is InChI=1S/C14H18O5/c1-14(2)18-9-12(19-14)8-17-11-5-3-10(4-6-11)7-13(15)16/h3-6,12H,7-9H2,1-2H3,(H,15,16)/t12-/m1/s1. The highest BCUT2D eigenvalue weighted by Gasteiger charge is 2.32. The van der Waals surface area contributed by atoms with Crippen molar-refractivity contribution in [3.63, 3.8) is 0 Å². The summed E-state index contributed by atoms with van der Waals surface area (Å²) in [5.74, 6) is -0.686. The first kappa shape index (κ1) is 13.8. The molecule has 104 valence electrons. The minimum atomic E-state index is -0.840. The maximum atomic E-state index is 10.6. The summed E-state index contributed by atoms with van der Waals surface area (Å²) in [6.07, 6.45) is -0.0534. The minimum absolute atomic E-state index is 0.0219. The van der Waals surface area contributed by atoms with Crippen LogP contribution in [0.3, 0.4) is 0 Å². The van der Waals surface area contributed by atoms with E-state index >= 15 is 0 Å². The van der Waals surface area contributed by atoms with Crippen molar-refractivity contribution in [3.05, 3.63) is 29.8 Å². The lowest BCUT2D eigenvalue weighted by Gasteiger charge is -2.17. The van der Waals surface area contributed by atoms with Crippen molar-refractivity contribution in [1.29, 1.82) is 0 Å². The average molecular weight is 266 g/mol. The van der Waals surface area contributed by atoms with Crippen LogP contribution in [-0.4, -0.2) is 36.2 Å². The van der Waals surface area contributed by atoms with Crippen LogP contribution in [0.15, 0.2) is 24.3 Å². The minimum Gasteiger partial charge on any atom is -0.491 e. The Labute approximate surface area is 112 Å². The van der Waals surface area contributed by atoms with Crippen molar-refractivity contribution in [1.82, 2.24) is 0 Å². The van der Waals surface area contributed by atoms with Crippen LogP contribution >= 0.6 is 0 Å². The first-order valence-electron chi connectivity index (χ1n) is 6.20. The van der Waals surface area contributed by atoms with Crippen LogP contribution in [0.1, 0.15) is 19.4 Å². The van der Waals surface area contributed by atoms with E-state index in [0.29, 0.717) is 19.0 Å². The van der Waals surface area contributed by atoms with E-state index in [4.69, 9.17) is 19.3 Å². The van der Waals surface area contributed by atoms with E-state index in [0.717, 1.165) is 5.56 Å². The van der Waals surface area contributed by atoms with E-state index < -0.39 is 11.8 Å². The van der Waals surface area contributed by atoms with E-state index in [1.54, 1.807) is 24.3 Å². The summed E-state index contributed by atoms with van der Waals surface area (Å²) in [6.45, 7) is 4.67. The lowest BCUT2D eigenvalue weighted by Crippen LogP contribution is -2.25. The van der Waals surface area contributed by atoms with Gasteiger partial charge >= 0.3 is 5.97 Å². The molecule has 0 aromatic heterocycles. The molecule has 2 rings (SSSR count). The number of carbonyl (C=O) groups is 1. The molecule has 1 aromatic rings. The molecule has 0 aliphatic carbocycles. The molecule has 0 bridgehead atoms. The summed E-state index contributed by atoms with van der Waals surface area (Å²) >= 11 is 0. The van der Waals surface area contributed by atoms with Crippen molar-refractivity contribution in [2.75, 3.05) is 13.2 Å². The highest BCUT2D eigenvalue weighted by Crippen LogP contribution is 2.23. The summed E-state index contributed by atoms with van der Waals surface area (Å²) in [7, 11) is 0. The van der Waals surface area contributed by atoms with Crippen LogP contribution in [0.5, 0.6) is 5.75 Å². The maximum absolute atomic E-state index is 10.6. The first-order valence-corrected chi connectivity index (χ1v) is 6.20. The molecular weight excluding hydrogens is 248 g/mol. The fraction of sp³-hybridized carbons (Fsp3) is 0.500. The van der Waals surface area contributed by atoms with Gasteiger partial charge in [-0.05, 0) is 31.5 Å². The van der Waals surface area contributed by atoms with Gasteiger partial charge in [0.05, 0.1) is 13.0 Å². The molecule has 1 aliphatic rings. The Morgan fingerprint density at radius 2 is 2.11 bits per heavy atom. The second-order valence-corrected chi connectivity index (χ2v) is 4.98. The fourth-order valence-electron chi connectivity index (χ4n) is 1.91. The number of benzene rings is 1. The van der Waals surface area contributed by atoms with Crippen LogP contribution < -0.4 is 4.74 Å². The van der Waals surface area contributed by atoms with Crippen molar-refractivity contribution in [3.8, 4) is 5.75 Å². The van der Waals surface area contributed by atoms with Crippen LogP contribution in [0.4, 0.5) is 0 Å². The molecule has 0 spiro atoms. The molecule has 1 aromatic carbocycles. The molecule has 1 atom stereocenters. The number of hydrogen-bond donors (Lipinski definition) is 1. The number of rotatable bonds is 5. The summed E-state index contributed by atoms with van der Waals surface area (Å²) in [4.78, 5) is 10.6. The third-order valence-corrected chi connectivity index (χ3v) is 2.78. The van der Waals surface area contributed by atoms with Gasteiger partial charge in [-0.15, -0.1) is 0 Å². The number of carboxylic acid groups (broad SMARTS) is 1. The van der Waals surface area contributed by atoms with Gasteiger partial charge < -0.3 is 19.3 Å². The maximum Gasteiger partial charge on any atom is 0.307 e. The van der Waals surface area contributed by atoms with Gasteiger partial charge in [-0.2, -0.15) is 0 Å². The number of hydrogen-bond acceptors (Lipinski definition) is 4. The third kappa shape index (κ3) is 4.22. The van der Waals surface area contributed by atoms with Gasteiger partial charge in [0.2, 0.25) is 0 Å². The third-order valence-electron chi connectivity index (χ3n) is 2.78. The van der Waals surface area contributed by atoms with Crippen molar-refractivity contribution < 1.29 is 24.1 Å². The lowest BCUT2D eigenvalue weighted by atomic mass is 10.1. The zero-order chi connectivity index (χ0) is 13.9. The smallest absolute Gasteiger partial charge is 0.307 e. The monoisotopic (exact) mass is 266 g/mol. The average Bonchev–Trinajstić information content (AvgIpc) is 2.67. The van der Waals surface area contributed by atoms with Gasteiger partial charge in [0.15, 0.2) is 5.79 Å². The summed E-state index contributed by atoms with van der Waals surface area (Å²) in [5.41, 5.74) is 0.751. The predicted octanol–water partition coefficient (Wildman–Crippen LogP) is 1.84. The van der Waals surface area contributed by atoms with Crippen LogP contribution in [0, 0.1) is 0 Å². The molecule has 0 radical (unpaired) electrons. The predicted molar refractivity (Wildman–Crippen MR) is 68.2 cm³/mol. The van der Waals surface area contributed by atoms with E-state index in [1.165, 1.54) is 0 Å². The SMILES string of the molecule is CC1(C)OC[C@@H](COc2ccc(CC(=O)O)cc2)O1. The molecule has 0 amide bonds. The molecule has 1 aliphatic heterocycles. The fourth-order valence-corrected chi connectivity index (χ4v) is 1.91. The second-order valence-electron chi connectivity index (χ2n) is 4.98. The van der Waals surface area contributed by atoms with Gasteiger partial charge in [-0.3, -0.25) is 4.79 Å². The van der Waals surface area contributed by atoms with Crippen LogP contribution in [0.2, 0.25) is 0 Å². The van der Waals surface area contributed by atoms with Gasteiger partial charge in [-0.1, -0.05) is 12.1 Å². The van der Waals surface area contributed by atoms with Gasteiger partial charge in [0.25, 0.3) is 0 Å². The van der Waals surface area contributed by atoms with E-state index in [-0.39, 0.29) is 12.5 Å². The number of ether oxygens (including phenoxy) is 3. The Morgan fingerprint density at radius 1 is 1.42 bits per heavy atom. The topological polar surface area (TPSA) is 65.0 Å². The van der Waals surface area contributed by atoms with Crippen LogP contribution in [0.25, 0.3) is 0 Å². The molecule has 5 heteroatoms. The highest BCUT2D eigenvalue weighted by molar-refractivity contribution is 5.70. The summed E-state index contributed by atoms with van der Waals surface area (Å²) in [5, 5.41) is 8.67. The Kier molecular flexibility index (Phi) is 4.07. The van der Waals surface area contributed by atoms with Crippen molar-refractivity contribution >= 4 is 5.97 Å². The zero-order valence-electron chi connectivity index (χ0n) is 11.1. The van der Waals surface area contributed by atoms with Crippen LogP contribution in [-0.2, 0) is 20.7 Å². The first-order chi connectivity index (χ1) is 8.94. The quantitative estimate of drug-likeness (QED) is 0.881. The van der Waals surface area contributed by atoms with E-state index in [2.05, 4.69) is 0 Å². The Morgan fingerprint density at radius 3 is 2.63 bits per heavy atom. The van der Waals surface area contributed by atoms with Gasteiger partial charge in [-0.25, -0.2) is 0 Å². The lowest BCUT2D eigenvalue weighted by molar-refractivity contribution is -0.141. The van der Waals surface area contributed by atoms with Gasteiger partial charge in [0.1, 0.15) is 18.5 Å². The van der Waals surface area contributed by atoms with E-state index in [1.807, 2.05) is 13.8 Å². The molecule has 0 unspecified atom stereocenters. The van der Waals surface area contributed by atoms with Crippen molar-refractivity contribution in [2.24, 2.45) is 0 Å². The Hall–Kier alpha value is -1.59. The highest BCUT2D eigenvalue weighted by atomic mass is 16.7. The second kappa shape index (κ2) is 5.59. The number of carboxylic acids is 1. The molecular formula is C14H18O5. The molecule has 1 N–H and O–H groups in total. The normalized spacial score (nSPS) is 21.3. The molecule has 0 saturated carbocycles. The van der Waals surface area contributed by atoms with Gasteiger partial charge in [0, 0.05) is 0 Å². The molecule has 19 heavy (non-hydrogen) atoms. The Balaban J connectivity index is 1.82. The number of aliphatic carboxylic acids is 1. The molecule has 1 saturated heterocycles. The van der Waals surface area contributed by atoms with E-state index in [9.17, 15) is 4.79 Å². The zero-order valence-corrected chi connectivity index (χ0v) is 11.1. The largest absolute Gasteiger partial charge is 0.491 e.